The van der Waals surface area contributed by atoms with Crippen molar-refractivity contribution in [3.8, 4) is 0 Å². The van der Waals surface area contributed by atoms with Crippen LogP contribution < -0.4 is 0 Å². The molecule has 4 nitrogen and oxygen atoms in total. The van der Waals surface area contributed by atoms with Crippen LogP contribution in [0, 0.1) is 0 Å². The molecule has 1 aliphatic heterocycles. The molecule has 188 valence electrons. The Labute approximate surface area is 208 Å². The first kappa shape index (κ1) is 28.5. The molecule has 2 rings (SSSR count). The van der Waals surface area contributed by atoms with Crippen molar-refractivity contribution < 1.29 is 9.53 Å². The molecule has 0 radical (unpaired) electrons. The summed E-state index contributed by atoms with van der Waals surface area (Å²) in [6.07, 6.45) is 7.65. The van der Waals surface area contributed by atoms with E-state index in [2.05, 4.69) is 60.9 Å². The third-order valence-corrected chi connectivity index (χ3v) is 24.1. The fourth-order valence-electron chi connectivity index (χ4n) is 5.35. The normalized spacial score (nSPS) is 17.9. The number of ether oxygens (including phenoxy) is 1. The van der Waals surface area contributed by atoms with Gasteiger partial charge in [0.2, 0.25) is 0 Å². The maximum absolute atomic E-state index is 13.5. The van der Waals surface area contributed by atoms with Crippen LogP contribution in [-0.4, -0.2) is 63.6 Å². The summed E-state index contributed by atoms with van der Waals surface area (Å²) in [5.74, 6) is 0. The molecule has 1 aromatic carbocycles. The fraction of sp³-hybridized carbons (Fsp3) is 0.750. The Bertz CT molecular complexity index is 667. The summed E-state index contributed by atoms with van der Waals surface area (Å²) in [5.41, 5.74) is 0.926. The Hall–Kier alpha value is -0.751. The van der Waals surface area contributed by atoms with Crippen molar-refractivity contribution in [3.05, 3.63) is 35.9 Å². The van der Waals surface area contributed by atoms with Crippen LogP contribution in [0.25, 0.3) is 0 Å². The van der Waals surface area contributed by atoms with Crippen LogP contribution in [0.15, 0.2) is 30.3 Å². The van der Waals surface area contributed by atoms with Crippen LogP contribution in [-0.2, 0) is 11.3 Å². The van der Waals surface area contributed by atoms with Gasteiger partial charge in [0.05, 0.1) is 0 Å². The number of unbranched alkanes of at least 4 members (excludes halogenated alkanes) is 3. The Kier molecular flexibility index (Phi) is 12.1. The van der Waals surface area contributed by atoms with Crippen molar-refractivity contribution in [2.75, 3.05) is 19.6 Å². The molecule has 1 aliphatic rings. The number of amides is 1. The molecule has 0 aliphatic carbocycles. The van der Waals surface area contributed by atoms with Crippen molar-refractivity contribution in [2.45, 2.75) is 110 Å². The first-order valence-corrected chi connectivity index (χ1v) is 21.2. The van der Waals surface area contributed by atoms with E-state index in [0.717, 1.165) is 26.2 Å². The number of hydrogen-bond donors (Lipinski definition) is 0. The van der Waals surface area contributed by atoms with Crippen LogP contribution >= 0.6 is 0 Å². The van der Waals surface area contributed by atoms with E-state index in [1.165, 1.54) is 57.4 Å². The van der Waals surface area contributed by atoms with Gasteiger partial charge in [0.1, 0.15) is 0 Å². The van der Waals surface area contributed by atoms with Gasteiger partial charge in [0.25, 0.3) is 0 Å². The molecular formula is C28H50N2O2Sn. The maximum atomic E-state index is 13.5. The van der Waals surface area contributed by atoms with Crippen molar-refractivity contribution in [1.82, 2.24) is 9.80 Å². The number of nitrogens with zero attached hydrogens (tertiary/aromatic N) is 2. The van der Waals surface area contributed by atoms with Gasteiger partial charge in [0, 0.05) is 0 Å². The van der Waals surface area contributed by atoms with Crippen LogP contribution in [0.3, 0.4) is 0 Å². The first-order valence-electron chi connectivity index (χ1n) is 13.5. The predicted octanol–water partition coefficient (Wildman–Crippen LogP) is 7.50. The molecule has 1 saturated heterocycles. The van der Waals surface area contributed by atoms with Gasteiger partial charge in [-0.1, -0.05) is 0 Å². The summed E-state index contributed by atoms with van der Waals surface area (Å²) >= 11 is -2.70. The zero-order valence-electron chi connectivity index (χ0n) is 22.4. The number of hydrogen-bond acceptors (Lipinski definition) is 3. The number of rotatable bonds is 12. The van der Waals surface area contributed by atoms with Crippen molar-refractivity contribution >= 4 is 24.5 Å². The molecule has 5 heteroatoms. The van der Waals surface area contributed by atoms with Gasteiger partial charge in [-0.15, -0.1) is 0 Å². The van der Waals surface area contributed by atoms with E-state index in [-0.39, 0.29) is 6.09 Å². The minimum absolute atomic E-state index is 0.0718. The molecule has 1 fully saturated rings. The van der Waals surface area contributed by atoms with Gasteiger partial charge in [-0.25, -0.2) is 0 Å². The molecule has 0 spiro atoms. The van der Waals surface area contributed by atoms with Crippen LogP contribution in [0.1, 0.15) is 85.6 Å². The van der Waals surface area contributed by atoms with Gasteiger partial charge in [-0.2, -0.15) is 0 Å². The van der Waals surface area contributed by atoms with Gasteiger partial charge in [-0.3, -0.25) is 0 Å². The molecular weight excluding hydrogens is 515 g/mol. The predicted molar refractivity (Wildman–Crippen MR) is 143 cm³/mol. The van der Waals surface area contributed by atoms with Crippen LogP contribution in [0.5, 0.6) is 0 Å². The molecule has 0 saturated carbocycles. The van der Waals surface area contributed by atoms with E-state index in [4.69, 9.17) is 4.74 Å². The minimum atomic E-state index is -2.70. The Morgan fingerprint density at radius 3 is 1.97 bits per heavy atom. The summed E-state index contributed by atoms with van der Waals surface area (Å²) in [7, 11) is 0. The van der Waals surface area contributed by atoms with Crippen LogP contribution in [0.4, 0.5) is 4.79 Å². The molecule has 1 atom stereocenters. The van der Waals surface area contributed by atoms with E-state index in [9.17, 15) is 4.79 Å². The monoisotopic (exact) mass is 566 g/mol. The molecule has 0 aromatic heterocycles. The summed E-state index contributed by atoms with van der Waals surface area (Å²) < 4.78 is 10.6. The molecule has 0 unspecified atom stereocenters. The van der Waals surface area contributed by atoms with Crippen LogP contribution in [0.2, 0.25) is 13.3 Å². The molecule has 0 bridgehead atoms. The molecule has 33 heavy (non-hydrogen) atoms. The number of piperazine rings is 1. The molecule has 1 aromatic rings. The van der Waals surface area contributed by atoms with Crippen molar-refractivity contribution in [3.63, 3.8) is 0 Å². The molecule has 1 heterocycles. The first-order chi connectivity index (χ1) is 15.7. The van der Waals surface area contributed by atoms with Crippen molar-refractivity contribution in [2.24, 2.45) is 0 Å². The Balaban J connectivity index is 2.38. The topological polar surface area (TPSA) is 32.8 Å². The second-order valence-electron chi connectivity index (χ2n) is 11.1. The zero-order valence-corrected chi connectivity index (χ0v) is 25.2. The second-order valence-corrected chi connectivity index (χ2v) is 25.0. The SMILES string of the molecule is CCC[CH2][Sn]([CH2]CCC)([CH2]CCC)[C@@H]1CN(Cc2ccccc2)CCN1C(=O)OC(C)(C)C. The second kappa shape index (κ2) is 14.0. The Morgan fingerprint density at radius 2 is 1.48 bits per heavy atom. The average molecular weight is 565 g/mol. The van der Waals surface area contributed by atoms with Gasteiger partial charge in [0.15, 0.2) is 0 Å². The van der Waals surface area contributed by atoms with Gasteiger partial charge in [-0.05, 0) is 0 Å². The summed E-state index contributed by atoms with van der Waals surface area (Å²) in [6, 6.07) is 10.8. The summed E-state index contributed by atoms with van der Waals surface area (Å²) in [6.45, 7) is 16.7. The average Bonchev–Trinajstić information content (AvgIpc) is 2.78. The van der Waals surface area contributed by atoms with Gasteiger partial charge >= 0.3 is 209 Å². The number of benzene rings is 1. The van der Waals surface area contributed by atoms with Crippen molar-refractivity contribution in [1.29, 1.82) is 0 Å². The van der Waals surface area contributed by atoms with E-state index >= 15 is 0 Å². The molecule has 1 amide bonds. The number of carbonyl (C=O) groups is 1. The quantitative estimate of drug-likeness (QED) is 0.246. The third kappa shape index (κ3) is 9.08. The van der Waals surface area contributed by atoms with E-state index in [1.54, 1.807) is 0 Å². The van der Waals surface area contributed by atoms with E-state index in [0.29, 0.717) is 4.06 Å². The summed E-state index contributed by atoms with van der Waals surface area (Å²) in [5, 5.41) is 0. The fourth-order valence-corrected chi connectivity index (χ4v) is 23.8. The van der Waals surface area contributed by atoms with Gasteiger partial charge < -0.3 is 0 Å². The van der Waals surface area contributed by atoms with E-state index < -0.39 is 24.0 Å². The number of carbonyl (C=O) groups excluding carboxylic acids is 1. The summed E-state index contributed by atoms with van der Waals surface area (Å²) in [4.78, 5) is 18.3. The standard InChI is InChI=1S/C16H23N2O2.3C4H9.Sn/c1-16(2,3)20-15(19)18-11-9-17(10-12-18)13-14-7-5-4-6-8-14;3*1-3-4-2;/h4-8,11H,9-10,12-13H2,1-3H3;3*1,3-4H2,2H3;. The Morgan fingerprint density at radius 1 is 0.939 bits per heavy atom. The third-order valence-electron chi connectivity index (χ3n) is 7.13. The molecule has 0 N–H and O–H groups in total. The zero-order chi connectivity index (χ0) is 24.3. The van der Waals surface area contributed by atoms with E-state index in [1.807, 2.05) is 20.8 Å².